The second-order valence-corrected chi connectivity index (χ2v) is 7.19. The number of halogens is 1. The van der Waals surface area contributed by atoms with E-state index in [1.54, 1.807) is 26.5 Å². The van der Waals surface area contributed by atoms with Gasteiger partial charge in [0.25, 0.3) is 0 Å². The Hall–Kier alpha value is -3.19. The summed E-state index contributed by atoms with van der Waals surface area (Å²) in [6.45, 7) is 0.473. The number of hydrogen-bond donors (Lipinski definition) is 2. The number of nitrogens with one attached hydrogen (secondary N) is 2. The van der Waals surface area contributed by atoms with Crippen molar-refractivity contribution in [2.24, 2.45) is 7.05 Å². The molecule has 0 radical (unpaired) electrons. The minimum atomic E-state index is -0.486. The number of imidazole rings is 1. The highest BCUT2D eigenvalue weighted by atomic mass is 35.5. The third-order valence-corrected chi connectivity index (χ3v) is 4.92. The van der Waals surface area contributed by atoms with Crippen LogP contribution in [0.2, 0.25) is 5.02 Å². The molecule has 0 fully saturated rings. The van der Waals surface area contributed by atoms with Crippen molar-refractivity contribution in [1.29, 1.82) is 0 Å². The first-order valence-corrected chi connectivity index (χ1v) is 9.87. The maximum Gasteiger partial charge on any atom is 0.315 e. The molecule has 30 heavy (non-hydrogen) atoms. The van der Waals surface area contributed by atoms with Crippen LogP contribution in [-0.2, 0) is 13.5 Å². The van der Waals surface area contributed by atoms with Gasteiger partial charge in [-0.05, 0) is 41.8 Å². The summed E-state index contributed by atoms with van der Waals surface area (Å²) < 4.78 is 12.6. The molecule has 0 saturated carbocycles. The Bertz CT molecular complexity index is 983. The van der Waals surface area contributed by atoms with Crippen LogP contribution in [0.5, 0.6) is 11.5 Å². The van der Waals surface area contributed by atoms with E-state index in [0.717, 1.165) is 11.1 Å². The Morgan fingerprint density at radius 3 is 2.50 bits per heavy atom. The van der Waals surface area contributed by atoms with Gasteiger partial charge in [0, 0.05) is 37.1 Å². The number of rotatable bonds is 8. The van der Waals surface area contributed by atoms with Crippen LogP contribution in [0.15, 0.2) is 54.9 Å². The summed E-state index contributed by atoms with van der Waals surface area (Å²) in [5.74, 6) is 1.95. The van der Waals surface area contributed by atoms with Crippen LogP contribution in [0.3, 0.4) is 0 Å². The number of nitrogens with zero attached hydrogens (tertiary/aromatic N) is 2. The quantitative estimate of drug-likeness (QED) is 0.573. The van der Waals surface area contributed by atoms with E-state index >= 15 is 0 Å². The predicted molar refractivity (Wildman–Crippen MR) is 116 cm³/mol. The maximum absolute atomic E-state index is 12.7. The molecule has 8 heteroatoms. The van der Waals surface area contributed by atoms with E-state index in [1.807, 2.05) is 54.2 Å². The van der Waals surface area contributed by atoms with Gasteiger partial charge in [-0.25, -0.2) is 9.78 Å². The highest BCUT2D eigenvalue weighted by molar-refractivity contribution is 6.30. The average Bonchev–Trinajstić information content (AvgIpc) is 3.17. The summed E-state index contributed by atoms with van der Waals surface area (Å²) in [7, 11) is 5.06. The van der Waals surface area contributed by atoms with Crippen LogP contribution >= 0.6 is 11.6 Å². The monoisotopic (exact) mass is 428 g/mol. The van der Waals surface area contributed by atoms with Gasteiger partial charge in [0.2, 0.25) is 0 Å². The standard InChI is InChI=1S/C22H25ClN4O3/c1-27-10-9-24-21(27)20(16-12-18(29-2)14-19(13-16)30-3)26-22(28)25-8-7-15-5-4-6-17(23)11-15/h4-6,9-14,20H,7-8H2,1-3H3,(H2,25,26,28). The molecule has 2 aromatic carbocycles. The highest BCUT2D eigenvalue weighted by Gasteiger charge is 2.22. The van der Waals surface area contributed by atoms with Gasteiger partial charge in [-0.15, -0.1) is 0 Å². The molecule has 1 aromatic heterocycles. The molecule has 2 amide bonds. The first kappa shape index (κ1) is 21.5. The van der Waals surface area contributed by atoms with E-state index < -0.39 is 6.04 Å². The summed E-state index contributed by atoms with van der Waals surface area (Å²) in [6, 6.07) is 12.3. The Kier molecular flexibility index (Phi) is 7.19. The number of methoxy groups -OCH3 is 2. The zero-order chi connectivity index (χ0) is 21.5. The SMILES string of the molecule is COc1cc(OC)cc(C(NC(=O)NCCc2cccc(Cl)c2)c2nccn2C)c1. The van der Waals surface area contributed by atoms with E-state index in [9.17, 15) is 4.79 Å². The zero-order valence-corrected chi connectivity index (χ0v) is 17.9. The van der Waals surface area contributed by atoms with Gasteiger partial charge in [-0.2, -0.15) is 0 Å². The van der Waals surface area contributed by atoms with Crippen LogP contribution in [0.1, 0.15) is 23.0 Å². The van der Waals surface area contributed by atoms with Crippen molar-refractivity contribution in [1.82, 2.24) is 20.2 Å². The second-order valence-electron chi connectivity index (χ2n) is 6.76. The zero-order valence-electron chi connectivity index (χ0n) is 17.2. The lowest BCUT2D eigenvalue weighted by Crippen LogP contribution is -2.40. The van der Waals surface area contributed by atoms with Crippen LogP contribution < -0.4 is 20.1 Å². The number of aromatic nitrogens is 2. The van der Waals surface area contributed by atoms with Crippen molar-refractivity contribution >= 4 is 17.6 Å². The van der Waals surface area contributed by atoms with Gasteiger partial charge in [0.05, 0.1) is 14.2 Å². The largest absolute Gasteiger partial charge is 0.497 e. The molecule has 158 valence electrons. The van der Waals surface area contributed by atoms with Crippen molar-refractivity contribution in [3.05, 3.63) is 76.8 Å². The first-order chi connectivity index (χ1) is 14.5. The fourth-order valence-corrected chi connectivity index (χ4v) is 3.36. The predicted octanol–water partition coefficient (Wildman–Crippen LogP) is 3.72. The molecule has 3 rings (SSSR count). The molecule has 0 aliphatic carbocycles. The molecule has 0 aliphatic rings. The van der Waals surface area contributed by atoms with Gasteiger partial charge in [0.15, 0.2) is 0 Å². The Balaban J connectivity index is 1.75. The fourth-order valence-electron chi connectivity index (χ4n) is 3.14. The third kappa shape index (κ3) is 5.45. The normalized spacial score (nSPS) is 11.6. The Morgan fingerprint density at radius 1 is 1.17 bits per heavy atom. The lowest BCUT2D eigenvalue weighted by molar-refractivity contribution is 0.238. The van der Waals surface area contributed by atoms with E-state index in [4.69, 9.17) is 21.1 Å². The number of carbonyl (C=O) groups excluding carboxylic acids is 1. The number of aryl methyl sites for hydroxylation is 1. The van der Waals surface area contributed by atoms with Crippen molar-refractivity contribution < 1.29 is 14.3 Å². The lowest BCUT2D eigenvalue weighted by Gasteiger charge is -2.21. The van der Waals surface area contributed by atoms with E-state index in [-0.39, 0.29) is 6.03 Å². The van der Waals surface area contributed by atoms with Gasteiger partial charge < -0.3 is 24.7 Å². The van der Waals surface area contributed by atoms with Crippen LogP contribution in [0.4, 0.5) is 4.79 Å². The molecule has 0 saturated heterocycles. The van der Waals surface area contributed by atoms with Crippen molar-refractivity contribution in [2.45, 2.75) is 12.5 Å². The molecule has 0 aliphatic heterocycles. The third-order valence-electron chi connectivity index (χ3n) is 4.69. The number of carbonyl (C=O) groups is 1. The molecule has 0 bridgehead atoms. The number of amides is 2. The number of benzene rings is 2. The van der Waals surface area contributed by atoms with E-state index in [1.165, 1.54) is 0 Å². The second kappa shape index (κ2) is 10.0. The minimum absolute atomic E-state index is 0.299. The molecular weight excluding hydrogens is 404 g/mol. The minimum Gasteiger partial charge on any atom is -0.497 e. The molecule has 3 aromatic rings. The smallest absolute Gasteiger partial charge is 0.315 e. The van der Waals surface area contributed by atoms with E-state index in [2.05, 4.69) is 15.6 Å². The number of ether oxygens (including phenoxy) is 2. The molecule has 1 unspecified atom stereocenters. The van der Waals surface area contributed by atoms with Crippen molar-refractivity contribution in [2.75, 3.05) is 20.8 Å². The number of urea groups is 1. The van der Waals surface area contributed by atoms with E-state index in [0.29, 0.717) is 35.3 Å². The van der Waals surface area contributed by atoms with Gasteiger partial charge >= 0.3 is 6.03 Å². The van der Waals surface area contributed by atoms with Crippen LogP contribution in [0, 0.1) is 0 Å². The molecule has 1 atom stereocenters. The molecule has 0 spiro atoms. The lowest BCUT2D eigenvalue weighted by atomic mass is 10.1. The highest BCUT2D eigenvalue weighted by Crippen LogP contribution is 2.29. The van der Waals surface area contributed by atoms with Crippen molar-refractivity contribution in [3.63, 3.8) is 0 Å². The summed E-state index contributed by atoms with van der Waals surface area (Å²) >= 11 is 6.01. The molecule has 7 nitrogen and oxygen atoms in total. The van der Waals surface area contributed by atoms with Crippen LogP contribution in [0.25, 0.3) is 0 Å². The van der Waals surface area contributed by atoms with Gasteiger partial charge in [-0.1, -0.05) is 23.7 Å². The Labute approximate surface area is 181 Å². The van der Waals surface area contributed by atoms with Gasteiger partial charge in [0.1, 0.15) is 23.4 Å². The summed E-state index contributed by atoms with van der Waals surface area (Å²) in [4.78, 5) is 17.1. The first-order valence-electron chi connectivity index (χ1n) is 9.49. The summed E-state index contributed by atoms with van der Waals surface area (Å²) in [5, 5.41) is 6.58. The topological polar surface area (TPSA) is 77.4 Å². The van der Waals surface area contributed by atoms with Crippen LogP contribution in [-0.4, -0.2) is 36.3 Å². The summed E-state index contributed by atoms with van der Waals surface area (Å²) in [5.41, 5.74) is 1.85. The maximum atomic E-state index is 12.7. The fraction of sp³-hybridized carbons (Fsp3) is 0.273. The Morgan fingerprint density at radius 2 is 1.90 bits per heavy atom. The summed E-state index contributed by atoms with van der Waals surface area (Å²) in [6.07, 6.45) is 4.20. The average molecular weight is 429 g/mol. The molecule has 1 heterocycles. The van der Waals surface area contributed by atoms with Crippen molar-refractivity contribution in [3.8, 4) is 11.5 Å². The molecule has 2 N–H and O–H groups in total. The molecular formula is C22H25ClN4O3. The number of hydrogen-bond acceptors (Lipinski definition) is 4. The van der Waals surface area contributed by atoms with Gasteiger partial charge in [-0.3, -0.25) is 0 Å².